The average Bonchev–Trinajstić information content (AvgIpc) is 2.88. The highest BCUT2D eigenvalue weighted by atomic mass is 19.4. The molecule has 1 N–H and O–H groups in total. The van der Waals surface area contributed by atoms with Crippen molar-refractivity contribution in [3.8, 4) is 34.1 Å². The SMILES string of the molecule is Cc1c(Oc2ncc(C(F)(F)F)c(C)c2-c2cc(=O)c3c(-c4cnccn4)cccc3[nH]2)ccc(F)c1F. The molecule has 0 aliphatic rings. The molecule has 0 fully saturated rings. The highest BCUT2D eigenvalue weighted by molar-refractivity contribution is 5.94. The molecule has 0 saturated carbocycles. The number of hydrogen-bond acceptors (Lipinski definition) is 5. The molecule has 3 aromatic heterocycles. The van der Waals surface area contributed by atoms with Crippen LogP contribution in [0.15, 0.2) is 66.0 Å². The Morgan fingerprint density at radius 1 is 0.947 bits per heavy atom. The van der Waals surface area contributed by atoms with Gasteiger partial charge in [-0.15, -0.1) is 0 Å². The number of H-pyrrole nitrogens is 1. The average molecular weight is 524 g/mol. The summed E-state index contributed by atoms with van der Waals surface area (Å²) in [4.78, 5) is 28.4. The normalized spacial score (nSPS) is 11.7. The van der Waals surface area contributed by atoms with Crippen molar-refractivity contribution < 1.29 is 26.7 Å². The second-order valence-corrected chi connectivity index (χ2v) is 8.43. The maximum absolute atomic E-state index is 14.1. The fourth-order valence-corrected chi connectivity index (χ4v) is 4.20. The van der Waals surface area contributed by atoms with Crippen LogP contribution in [0.3, 0.4) is 0 Å². The van der Waals surface area contributed by atoms with Gasteiger partial charge in [-0.2, -0.15) is 13.2 Å². The minimum atomic E-state index is -4.75. The third-order valence-corrected chi connectivity index (χ3v) is 6.07. The second kappa shape index (κ2) is 9.33. The lowest BCUT2D eigenvalue weighted by atomic mass is 9.99. The minimum absolute atomic E-state index is 0.00914. The Hall–Kier alpha value is -4.67. The van der Waals surface area contributed by atoms with E-state index in [1.807, 2.05) is 0 Å². The summed E-state index contributed by atoms with van der Waals surface area (Å²) in [6, 6.07) is 8.04. The quantitative estimate of drug-likeness (QED) is 0.263. The third-order valence-electron chi connectivity index (χ3n) is 6.07. The van der Waals surface area contributed by atoms with Crippen LogP contribution in [0.1, 0.15) is 16.7 Å². The highest BCUT2D eigenvalue weighted by Crippen LogP contribution is 2.41. The van der Waals surface area contributed by atoms with Gasteiger partial charge < -0.3 is 9.72 Å². The topological polar surface area (TPSA) is 80.8 Å². The lowest BCUT2D eigenvalue weighted by molar-refractivity contribution is -0.138. The number of rotatable bonds is 4. The van der Waals surface area contributed by atoms with E-state index in [9.17, 15) is 26.7 Å². The number of aromatic amines is 1. The summed E-state index contributed by atoms with van der Waals surface area (Å²) >= 11 is 0. The van der Waals surface area contributed by atoms with E-state index < -0.39 is 28.8 Å². The molecule has 5 aromatic rings. The van der Waals surface area contributed by atoms with E-state index in [2.05, 4.69) is 19.9 Å². The first-order valence-corrected chi connectivity index (χ1v) is 11.2. The Balaban J connectivity index is 1.75. The fourth-order valence-electron chi connectivity index (χ4n) is 4.20. The van der Waals surface area contributed by atoms with Gasteiger partial charge in [0.05, 0.1) is 39.6 Å². The lowest BCUT2D eigenvalue weighted by Gasteiger charge is -2.18. The van der Waals surface area contributed by atoms with Gasteiger partial charge in [0.15, 0.2) is 17.1 Å². The van der Waals surface area contributed by atoms with Gasteiger partial charge in [0, 0.05) is 35.8 Å². The Morgan fingerprint density at radius 3 is 2.45 bits per heavy atom. The molecular formula is C27H17F5N4O2. The predicted molar refractivity (Wildman–Crippen MR) is 130 cm³/mol. The number of fused-ring (bicyclic) bond motifs is 1. The zero-order valence-electron chi connectivity index (χ0n) is 19.8. The predicted octanol–water partition coefficient (Wildman–Crippen LogP) is 6.75. The van der Waals surface area contributed by atoms with Crippen molar-refractivity contribution in [1.29, 1.82) is 0 Å². The number of alkyl halides is 3. The number of nitrogens with zero attached hydrogens (tertiary/aromatic N) is 3. The molecular weight excluding hydrogens is 507 g/mol. The van der Waals surface area contributed by atoms with Crippen LogP contribution in [0.25, 0.3) is 33.4 Å². The van der Waals surface area contributed by atoms with E-state index >= 15 is 0 Å². The molecule has 3 heterocycles. The van der Waals surface area contributed by atoms with Crippen LogP contribution in [0.5, 0.6) is 11.6 Å². The number of hydrogen-bond donors (Lipinski definition) is 1. The van der Waals surface area contributed by atoms with Crippen molar-refractivity contribution in [2.24, 2.45) is 0 Å². The summed E-state index contributed by atoms with van der Waals surface area (Å²) < 4.78 is 74.8. The van der Waals surface area contributed by atoms with Gasteiger partial charge in [-0.3, -0.25) is 14.8 Å². The molecule has 6 nitrogen and oxygen atoms in total. The van der Waals surface area contributed by atoms with Gasteiger partial charge in [-0.25, -0.2) is 13.8 Å². The van der Waals surface area contributed by atoms with E-state index in [0.717, 1.165) is 18.2 Å². The zero-order valence-corrected chi connectivity index (χ0v) is 19.8. The van der Waals surface area contributed by atoms with Crippen molar-refractivity contribution in [3.05, 3.63) is 99.7 Å². The van der Waals surface area contributed by atoms with Gasteiger partial charge in [-0.1, -0.05) is 12.1 Å². The fraction of sp³-hybridized carbons (Fsp3) is 0.111. The van der Waals surface area contributed by atoms with E-state index in [4.69, 9.17) is 4.74 Å². The Labute approximate surface area is 211 Å². The van der Waals surface area contributed by atoms with Crippen LogP contribution >= 0.6 is 0 Å². The molecule has 0 aliphatic heterocycles. The summed E-state index contributed by atoms with van der Waals surface area (Å²) in [5.74, 6) is -2.75. The van der Waals surface area contributed by atoms with Gasteiger partial charge in [0.2, 0.25) is 5.88 Å². The molecule has 0 bridgehead atoms. The molecule has 0 spiro atoms. The second-order valence-electron chi connectivity index (χ2n) is 8.43. The monoisotopic (exact) mass is 524 g/mol. The summed E-state index contributed by atoms with van der Waals surface area (Å²) in [5, 5.41) is 0.258. The van der Waals surface area contributed by atoms with Crippen LogP contribution in [0.2, 0.25) is 0 Å². The van der Waals surface area contributed by atoms with Gasteiger partial charge in [0.25, 0.3) is 0 Å². The number of benzene rings is 2. The molecule has 0 radical (unpaired) electrons. The van der Waals surface area contributed by atoms with Crippen LogP contribution in [-0.2, 0) is 6.18 Å². The molecule has 192 valence electrons. The summed E-state index contributed by atoms with van der Waals surface area (Å²) in [6.45, 7) is 2.47. The molecule has 0 atom stereocenters. The summed E-state index contributed by atoms with van der Waals surface area (Å²) in [7, 11) is 0. The van der Waals surface area contributed by atoms with Crippen molar-refractivity contribution in [2.45, 2.75) is 20.0 Å². The summed E-state index contributed by atoms with van der Waals surface area (Å²) in [6.07, 6.45) is 0.279. The van der Waals surface area contributed by atoms with Crippen molar-refractivity contribution in [1.82, 2.24) is 19.9 Å². The van der Waals surface area contributed by atoms with Gasteiger partial charge in [-0.05, 0) is 37.6 Å². The third kappa shape index (κ3) is 4.36. The molecule has 2 aromatic carbocycles. The molecule has 0 saturated heterocycles. The minimum Gasteiger partial charge on any atom is -0.438 e. The first-order valence-electron chi connectivity index (χ1n) is 11.2. The van der Waals surface area contributed by atoms with Crippen molar-refractivity contribution in [2.75, 3.05) is 0 Å². The van der Waals surface area contributed by atoms with E-state index in [1.165, 1.54) is 32.4 Å². The maximum Gasteiger partial charge on any atom is 0.418 e. The first kappa shape index (κ1) is 25.0. The zero-order chi connectivity index (χ0) is 27.2. The Bertz CT molecular complexity index is 1750. The molecule has 0 amide bonds. The van der Waals surface area contributed by atoms with Gasteiger partial charge in [0.1, 0.15) is 5.75 Å². The lowest BCUT2D eigenvalue weighted by Crippen LogP contribution is -2.12. The molecule has 0 unspecified atom stereocenters. The van der Waals surface area contributed by atoms with Crippen molar-refractivity contribution >= 4 is 10.9 Å². The highest BCUT2D eigenvalue weighted by Gasteiger charge is 2.35. The van der Waals surface area contributed by atoms with E-state index in [-0.39, 0.29) is 39.4 Å². The standard InChI is InChI=1S/C27H17F5N4O2/c1-13-16(27(30,31)32)11-35-26(38-22-7-6-17(28)25(29)14(22)2)23(13)19-10-21(37)24-15(4-3-5-18(24)36-19)20-12-33-8-9-34-20/h3-12H,1-2H3,(H,36,37). The van der Waals surface area contributed by atoms with E-state index in [0.29, 0.717) is 23.0 Å². The maximum atomic E-state index is 14.1. The van der Waals surface area contributed by atoms with Crippen LogP contribution in [0.4, 0.5) is 22.0 Å². The van der Waals surface area contributed by atoms with Gasteiger partial charge >= 0.3 is 6.18 Å². The summed E-state index contributed by atoms with van der Waals surface area (Å²) in [5.41, 5.74) is -0.945. The molecule has 38 heavy (non-hydrogen) atoms. The number of aromatic nitrogens is 4. The molecule has 11 heteroatoms. The van der Waals surface area contributed by atoms with Crippen LogP contribution < -0.4 is 10.2 Å². The van der Waals surface area contributed by atoms with E-state index in [1.54, 1.807) is 18.2 Å². The Morgan fingerprint density at radius 2 is 1.74 bits per heavy atom. The van der Waals surface area contributed by atoms with Crippen molar-refractivity contribution in [3.63, 3.8) is 0 Å². The van der Waals surface area contributed by atoms with Crippen LogP contribution in [0, 0.1) is 25.5 Å². The first-order chi connectivity index (χ1) is 18.1. The number of nitrogens with one attached hydrogen (secondary N) is 1. The smallest absolute Gasteiger partial charge is 0.418 e. The molecule has 0 aliphatic carbocycles. The number of halogens is 5. The largest absolute Gasteiger partial charge is 0.438 e. The molecule has 5 rings (SSSR count). The Kier molecular flexibility index (Phi) is 6.14. The number of pyridine rings is 2. The van der Waals surface area contributed by atoms with Crippen LogP contribution in [-0.4, -0.2) is 19.9 Å². The number of ether oxygens (including phenoxy) is 1.